The van der Waals surface area contributed by atoms with Gasteiger partial charge < -0.3 is 9.64 Å². The molecular weight excluding hydrogens is 444 g/mol. The molecule has 1 aromatic heterocycles. The van der Waals surface area contributed by atoms with E-state index in [1.807, 2.05) is 60.0 Å². The van der Waals surface area contributed by atoms with E-state index in [2.05, 4.69) is 0 Å². The highest BCUT2D eigenvalue weighted by Gasteiger charge is 2.37. The summed E-state index contributed by atoms with van der Waals surface area (Å²) in [5.41, 5.74) is 1.54. The molecule has 1 fully saturated rings. The Labute approximate surface area is 193 Å². The summed E-state index contributed by atoms with van der Waals surface area (Å²) in [6.45, 7) is 0.123. The van der Waals surface area contributed by atoms with Gasteiger partial charge in [-0.05, 0) is 48.6 Å². The van der Waals surface area contributed by atoms with Crippen molar-refractivity contribution in [2.75, 3.05) is 18.1 Å². The predicted molar refractivity (Wildman–Crippen MR) is 123 cm³/mol. The van der Waals surface area contributed by atoms with Crippen LogP contribution in [0, 0.1) is 0 Å². The summed E-state index contributed by atoms with van der Waals surface area (Å²) in [6.07, 6.45) is 1.27. The lowest BCUT2D eigenvalue weighted by molar-refractivity contribution is -0.151. The molecule has 2 aromatic carbocycles. The maximum Gasteiger partial charge on any atom is 0.329 e. The van der Waals surface area contributed by atoms with Crippen LogP contribution in [0.15, 0.2) is 75.8 Å². The minimum atomic E-state index is -0.658. The van der Waals surface area contributed by atoms with Crippen LogP contribution >= 0.6 is 23.1 Å². The molecule has 0 spiro atoms. The van der Waals surface area contributed by atoms with E-state index in [9.17, 15) is 14.4 Å². The highest BCUT2D eigenvalue weighted by atomic mass is 32.2. The Morgan fingerprint density at radius 2 is 1.62 bits per heavy atom. The number of rotatable bonds is 4. The zero-order valence-corrected chi connectivity index (χ0v) is 18.7. The third-order valence-corrected chi connectivity index (χ3v) is 7.53. The molecule has 0 N–H and O–H groups in total. The lowest BCUT2D eigenvalue weighted by atomic mass is 10.2. The number of benzene rings is 2. The Morgan fingerprint density at radius 1 is 0.938 bits per heavy atom. The van der Waals surface area contributed by atoms with E-state index in [1.165, 1.54) is 11.3 Å². The Morgan fingerprint density at radius 3 is 2.28 bits per heavy atom. The maximum atomic E-state index is 13.2. The van der Waals surface area contributed by atoms with Gasteiger partial charge in [0.2, 0.25) is 0 Å². The first-order chi connectivity index (χ1) is 15.6. The SMILES string of the molecule is O=C(OCC(=O)N1c2ccccc2Sc2ccccc21)[C@H]1CCCN1C(=O)c1cccs1. The van der Waals surface area contributed by atoms with Crippen LogP contribution in [0.4, 0.5) is 11.4 Å². The summed E-state index contributed by atoms with van der Waals surface area (Å²) < 4.78 is 5.44. The largest absolute Gasteiger partial charge is 0.454 e. The molecule has 1 saturated heterocycles. The van der Waals surface area contributed by atoms with Gasteiger partial charge in [-0.1, -0.05) is 42.1 Å². The van der Waals surface area contributed by atoms with Crippen molar-refractivity contribution >= 4 is 52.3 Å². The first kappa shape index (κ1) is 20.8. The average Bonchev–Trinajstić information content (AvgIpc) is 3.53. The summed E-state index contributed by atoms with van der Waals surface area (Å²) in [6, 6.07) is 18.2. The fourth-order valence-electron chi connectivity index (χ4n) is 4.06. The molecule has 2 aliphatic heterocycles. The van der Waals surface area contributed by atoms with E-state index in [-0.39, 0.29) is 18.4 Å². The number of likely N-dealkylation sites (tertiary alicyclic amines) is 1. The fourth-order valence-corrected chi connectivity index (χ4v) is 5.80. The number of anilines is 2. The second-order valence-corrected chi connectivity index (χ2v) is 9.54. The Bertz CT molecular complexity index is 1130. The molecule has 2 aliphatic rings. The van der Waals surface area contributed by atoms with Crippen molar-refractivity contribution < 1.29 is 19.1 Å². The van der Waals surface area contributed by atoms with Crippen LogP contribution in [0.25, 0.3) is 0 Å². The Hall–Kier alpha value is -3.10. The molecule has 3 heterocycles. The number of hydrogen-bond donors (Lipinski definition) is 0. The summed E-state index contributed by atoms with van der Waals surface area (Å²) in [4.78, 5) is 44.5. The first-order valence-corrected chi connectivity index (χ1v) is 12.0. The molecular formula is C24H20N2O4S2. The van der Waals surface area contributed by atoms with Gasteiger partial charge in [0.05, 0.1) is 16.3 Å². The second-order valence-electron chi connectivity index (χ2n) is 7.51. The standard InChI is InChI=1S/C24H20N2O4S2/c27-22(26-16-7-1-3-10-19(16)32-20-11-4-2-8-17(20)26)15-30-24(29)18-9-5-13-25(18)23(28)21-12-6-14-31-21/h1-4,6-8,10-12,14,18H,5,9,13,15H2/t18-/m1/s1. The first-order valence-electron chi connectivity index (χ1n) is 10.3. The fraction of sp³-hybridized carbons (Fsp3) is 0.208. The number of carbonyl (C=O) groups excluding carboxylic acids is 3. The van der Waals surface area contributed by atoms with Crippen LogP contribution in [-0.4, -0.2) is 41.9 Å². The number of esters is 1. The maximum absolute atomic E-state index is 13.2. The number of amides is 2. The summed E-state index contributed by atoms with van der Waals surface area (Å²) in [5.74, 6) is -1.02. The van der Waals surface area contributed by atoms with Crippen molar-refractivity contribution in [1.82, 2.24) is 4.90 Å². The van der Waals surface area contributed by atoms with Crippen molar-refractivity contribution in [3.8, 4) is 0 Å². The number of carbonyl (C=O) groups is 3. The molecule has 6 nitrogen and oxygen atoms in total. The van der Waals surface area contributed by atoms with Crippen LogP contribution in [0.2, 0.25) is 0 Å². The van der Waals surface area contributed by atoms with Gasteiger partial charge in [0, 0.05) is 16.3 Å². The smallest absolute Gasteiger partial charge is 0.329 e. The molecule has 3 aromatic rings. The molecule has 1 atom stereocenters. The van der Waals surface area contributed by atoms with Crippen molar-refractivity contribution in [1.29, 1.82) is 0 Å². The van der Waals surface area contributed by atoms with Crippen molar-refractivity contribution in [3.05, 3.63) is 70.9 Å². The molecule has 0 aliphatic carbocycles. The van der Waals surface area contributed by atoms with Gasteiger partial charge in [0.1, 0.15) is 6.04 Å². The van der Waals surface area contributed by atoms with Gasteiger partial charge in [-0.25, -0.2) is 4.79 Å². The number of ether oxygens (including phenoxy) is 1. The van der Waals surface area contributed by atoms with Crippen molar-refractivity contribution in [3.63, 3.8) is 0 Å². The summed E-state index contributed by atoms with van der Waals surface area (Å²) in [5, 5.41) is 1.84. The van der Waals surface area contributed by atoms with Gasteiger partial charge in [-0.15, -0.1) is 11.3 Å². The summed E-state index contributed by atoms with van der Waals surface area (Å²) >= 11 is 2.96. The lowest BCUT2D eigenvalue weighted by Crippen LogP contribution is -2.42. The van der Waals surface area contributed by atoms with E-state index in [4.69, 9.17) is 4.74 Å². The van der Waals surface area contributed by atoms with Crippen LogP contribution < -0.4 is 4.90 Å². The van der Waals surface area contributed by atoms with Crippen LogP contribution in [0.1, 0.15) is 22.5 Å². The Balaban J connectivity index is 1.31. The normalized spacial score (nSPS) is 16.9. The zero-order valence-electron chi connectivity index (χ0n) is 17.1. The molecule has 5 rings (SSSR count). The molecule has 8 heteroatoms. The van der Waals surface area contributed by atoms with Crippen LogP contribution in [-0.2, 0) is 14.3 Å². The molecule has 32 heavy (non-hydrogen) atoms. The van der Waals surface area contributed by atoms with Crippen LogP contribution in [0.3, 0.4) is 0 Å². The average molecular weight is 465 g/mol. The third kappa shape index (κ3) is 3.80. The summed E-state index contributed by atoms with van der Waals surface area (Å²) in [7, 11) is 0. The quantitative estimate of drug-likeness (QED) is 0.523. The highest BCUT2D eigenvalue weighted by Crippen LogP contribution is 2.47. The molecule has 162 valence electrons. The van der Waals surface area contributed by atoms with Gasteiger partial charge in [0.15, 0.2) is 6.61 Å². The van der Waals surface area contributed by atoms with E-state index in [1.54, 1.807) is 27.6 Å². The van der Waals surface area contributed by atoms with Crippen molar-refractivity contribution in [2.45, 2.75) is 28.7 Å². The van der Waals surface area contributed by atoms with E-state index >= 15 is 0 Å². The van der Waals surface area contributed by atoms with Gasteiger partial charge in [-0.3, -0.25) is 14.5 Å². The minimum absolute atomic E-state index is 0.165. The highest BCUT2D eigenvalue weighted by molar-refractivity contribution is 7.99. The second kappa shape index (κ2) is 8.80. The topological polar surface area (TPSA) is 66.9 Å². The van der Waals surface area contributed by atoms with Crippen molar-refractivity contribution in [2.24, 2.45) is 0 Å². The monoisotopic (exact) mass is 464 g/mol. The number of thiophene rings is 1. The van der Waals surface area contributed by atoms with E-state index in [0.29, 0.717) is 17.8 Å². The number of para-hydroxylation sites is 2. The van der Waals surface area contributed by atoms with E-state index < -0.39 is 12.0 Å². The molecule has 0 saturated carbocycles. The predicted octanol–water partition coefficient (Wildman–Crippen LogP) is 4.73. The molecule has 0 radical (unpaired) electrons. The third-order valence-electron chi connectivity index (χ3n) is 5.54. The lowest BCUT2D eigenvalue weighted by Gasteiger charge is -2.31. The number of nitrogens with zero attached hydrogens (tertiary/aromatic N) is 2. The number of hydrogen-bond acceptors (Lipinski definition) is 6. The van der Waals surface area contributed by atoms with Crippen LogP contribution in [0.5, 0.6) is 0 Å². The van der Waals surface area contributed by atoms with Gasteiger partial charge in [-0.2, -0.15) is 0 Å². The van der Waals surface area contributed by atoms with E-state index in [0.717, 1.165) is 27.6 Å². The Kier molecular flexibility index (Phi) is 5.71. The van der Waals surface area contributed by atoms with Gasteiger partial charge >= 0.3 is 5.97 Å². The molecule has 0 unspecified atom stereocenters. The minimum Gasteiger partial charge on any atom is -0.454 e. The molecule has 0 bridgehead atoms. The van der Waals surface area contributed by atoms with Gasteiger partial charge in [0.25, 0.3) is 11.8 Å². The zero-order chi connectivity index (χ0) is 22.1. The number of fused-ring (bicyclic) bond motifs is 2. The molecule has 2 amide bonds.